The fourth-order valence-electron chi connectivity index (χ4n) is 1.76. The third kappa shape index (κ3) is 5.56. The van der Waals surface area contributed by atoms with E-state index in [9.17, 15) is 22.8 Å². The number of carbonyl (C=O) groups is 2. The molecule has 140 valence electrons. The van der Waals surface area contributed by atoms with Gasteiger partial charge < -0.3 is 15.4 Å². The van der Waals surface area contributed by atoms with E-state index < -0.39 is 23.0 Å². The minimum atomic E-state index is -4.62. The number of carbonyl (C=O) groups excluding carboxylic acids is 2. The molecule has 2 rings (SSSR count). The van der Waals surface area contributed by atoms with Crippen LogP contribution in [-0.2, 0) is 15.8 Å². The summed E-state index contributed by atoms with van der Waals surface area (Å²) in [5, 5.41) is 9.74. The summed E-state index contributed by atoms with van der Waals surface area (Å²) in [5.74, 6) is -0.674. The molecule has 0 aliphatic heterocycles. The smallest absolute Gasteiger partial charge is 0.445 e. The van der Waals surface area contributed by atoms with E-state index in [1.807, 2.05) is 0 Å². The molecule has 2 aromatic rings. The first-order valence-corrected chi connectivity index (χ1v) is 8.22. The van der Waals surface area contributed by atoms with Gasteiger partial charge in [-0.1, -0.05) is 22.9 Å². The van der Waals surface area contributed by atoms with Crippen molar-refractivity contribution in [2.24, 2.45) is 0 Å². The maximum atomic E-state index is 12.4. The predicted molar refractivity (Wildman–Crippen MR) is 89.4 cm³/mol. The maximum absolute atomic E-state index is 12.4. The summed E-state index contributed by atoms with van der Waals surface area (Å²) in [5.41, 5.74) is 0.417. The van der Waals surface area contributed by atoms with Crippen LogP contribution in [0.2, 0.25) is 5.02 Å². The highest BCUT2D eigenvalue weighted by atomic mass is 35.5. The first-order chi connectivity index (χ1) is 12.2. The van der Waals surface area contributed by atoms with Crippen molar-refractivity contribution in [3.63, 3.8) is 0 Å². The number of ether oxygens (including phenoxy) is 1. The highest BCUT2D eigenvalue weighted by Gasteiger charge is 2.35. The second kappa shape index (κ2) is 8.32. The minimum absolute atomic E-state index is 0.180. The maximum Gasteiger partial charge on any atom is 0.445 e. The Bertz CT molecular complexity index is 813. The minimum Gasteiger partial charge on any atom is -0.495 e. The first-order valence-electron chi connectivity index (χ1n) is 7.03. The Morgan fingerprint density at radius 1 is 1.19 bits per heavy atom. The quantitative estimate of drug-likeness (QED) is 0.762. The molecule has 0 unspecified atom stereocenters. The molecule has 0 aliphatic carbocycles. The molecule has 1 aromatic heterocycles. The van der Waals surface area contributed by atoms with Crippen LogP contribution in [0.25, 0.3) is 0 Å². The lowest BCUT2D eigenvalue weighted by atomic mass is 10.2. The summed E-state index contributed by atoms with van der Waals surface area (Å²) in [6, 6.07) is 4.62. The van der Waals surface area contributed by atoms with Gasteiger partial charge in [0.05, 0.1) is 12.1 Å². The molecule has 0 atom stereocenters. The fraction of sp³-hybridized carbons (Fsp3) is 0.286. The largest absolute Gasteiger partial charge is 0.495 e. The molecule has 1 heterocycles. The standard InChI is InChI=1S/C14H12ClF3N4O3S/c1-25-9-3-2-7(6-8(9)15)19-10(23)4-5-11(24)20-13-22-21-12(26-13)14(16,17)18/h2-3,6H,4-5H2,1H3,(H,19,23)(H,20,22,24). The van der Waals surface area contributed by atoms with E-state index >= 15 is 0 Å². The van der Waals surface area contributed by atoms with Crippen LogP contribution in [0.1, 0.15) is 17.8 Å². The number of aromatic nitrogens is 2. The number of nitrogens with one attached hydrogen (secondary N) is 2. The summed E-state index contributed by atoms with van der Waals surface area (Å²) in [6.45, 7) is 0. The number of anilines is 2. The Morgan fingerprint density at radius 2 is 1.85 bits per heavy atom. The van der Waals surface area contributed by atoms with E-state index in [0.717, 1.165) is 0 Å². The van der Waals surface area contributed by atoms with Crippen molar-refractivity contribution in [3.8, 4) is 5.75 Å². The number of hydrogen-bond donors (Lipinski definition) is 2. The summed E-state index contributed by atoms with van der Waals surface area (Å²) < 4.78 is 42.2. The second-order valence-electron chi connectivity index (χ2n) is 4.86. The molecule has 0 bridgehead atoms. The summed E-state index contributed by atoms with van der Waals surface area (Å²) in [4.78, 5) is 23.5. The van der Waals surface area contributed by atoms with E-state index in [1.54, 1.807) is 12.1 Å². The molecule has 0 saturated heterocycles. The van der Waals surface area contributed by atoms with E-state index in [4.69, 9.17) is 16.3 Å². The first kappa shape index (κ1) is 19.9. The SMILES string of the molecule is COc1ccc(NC(=O)CCC(=O)Nc2nnc(C(F)(F)F)s2)cc1Cl. The van der Waals surface area contributed by atoms with Crippen molar-refractivity contribution < 1.29 is 27.5 Å². The number of nitrogens with zero attached hydrogens (tertiary/aromatic N) is 2. The lowest BCUT2D eigenvalue weighted by Crippen LogP contribution is -2.17. The molecular formula is C14H12ClF3N4O3S. The molecule has 0 spiro atoms. The van der Waals surface area contributed by atoms with Gasteiger partial charge in [-0.05, 0) is 18.2 Å². The van der Waals surface area contributed by atoms with E-state index in [0.29, 0.717) is 16.5 Å². The second-order valence-corrected chi connectivity index (χ2v) is 6.24. The van der Waals surface area contributed by atoms with E-state index in [2.05, 4.69) is 20.8 Å². The van der Waals surface area contributed by atoms with Crippen LogP contribution in [0.4, 0.5) is 24.0 Å². The number of benzene rings is 1. The van der Waals surface area contributed by atoms with Crippen molar-refractivity contribution in [2.75, 3.05) is 17.7 Å². The molecule has 2 N–H and O–H groups in total. The van der Waals surface area contributed by atoms with Gasteiger partial charge in [-0.15, -0.1) is 10.2 Å². The van der Waals surface area contributed by atoms with Crippen LogP contribution in [0.15, 0.2) is 18.2 Å². The van der Waals surface area contributed by atoms with Gasteiger partial charge in [0.15, 0.2) is 0 Å². The van der Waals surface area contributed by atoms with Gasteiger partial charge in [0, 0.05) is 18.5 Å². The highest BCUT2D eigenvalue weighted by molar-refractivity contribution is 7.15. The van der Waals surface area contributed by atoms with E-state index in [1.165, 1.54) is 13.2 Å². The third-order valence-electron chi connectivity index (χ3n) is 2.93. The zero-order valence-corrected chi connectivity index (χ0v) is 14.8. The van der Waals surface area contributed by atoms with Crippen LogP contribution in [0.5, 0.6) is 5.75 Å². The summed E-state index contributed by atoms with van der Waals surface area (Å²) in [6.07, 6.45) is -5.04. The van der Waals surface area contributed by atoms with Gasteiger partial charge in [0.25, 0.3) is 0 Å². The highest BCUT2D eigenvalue weighted by Crippen LogP contribution is 2.33. The average molecular weight is 409 g/mol. The molecular weight excluding hydrogens is 397 g/mol. The Kier molecular flexibility index (Phi) is 6.37. The van der Waals surface area contributed by atoms with Crippen molar-refractivity contribution in [2.45, 2.75) is 19.0 Å². The number of methoxy groups -OCH3 is 1. The lowest BCUT2D eigenvalue weighted by molar-refractivity contribution is -0.138. The summed E-state index contributed by atoms with van der Waals surface area (Å²) in [7, 11) is 1.45. The normalized spacial score (nSPS) is 11.1. The molecule has 0 fully saturated rings. The summed E-state index contributed by atoms with van der Waals surface area (Å²) >= 11 is 6.14. The van der Waals surface area contributed by atoms with Gasteiger partial charge in [0.2, 0.25) is 22.0 Å². The molecule has 7 nitrogen and oxygen atoms in total. The Hall–Kier alpha value is -2.40. The Balaban J connectivity index is 1.82. The van der Waals surface area contributed by atoms with Crippen molar-refractivity contribution in [1.82, 2.24) is 10.2 Å². The molecule has 0 aliphatic rings. The van der Waals surface area contributed by atoms with Gasteiger partial charge >= 0.3 is 6.18 Å². The number of rotatable bonds is 6. The third-order valence-corrected chi connectivity index (χ3v) is 4.11. The molecule has 2 amide bonds. The Labute approximate surface area is 154 Å². The molecule has 0 saturated carbocycles. The van der Waals surface area contributed by atoms with E-state index in [-0.39, 0.29) is 29.3 Å². The number of halogens is 4. The van der Waals surface area contributed by atoms with Gasteiger partial charge in [-0.25, -0.2) is 0 Å². The average Bonchev–Trinajstić information content (AvgIpc) is 3.02. The van der Waals surface area contributed by atoms with Gasteiger partial charge in [-0.3, -0.25) is 9.59 Å². The van der Waals surface area contributed by atoms with Crippen LogP contribution in [-0.4, -0.2) is 29.1 Å². The predicted octanol–water partition coefficient (Wildman–Crippen LogP) is 3.58. The fourth-order valence-corrected chi connectivity index (χ4v) is 2.65. The molecule has 26 heavy (non-hydrogen) atoms. The monoisotopic (exact) mass is 408 g/mol. The van der Waals surface area contributed by atoms with Crippen molar-refractivity contribution >= 4 is 45.6 Å². The van der Waals surface area contributed by atoms with Crippen LogP contribution in [0, 0.1) is 0 Å². The number of alkyl halides is 3. The van der Waals surface area contributed by atoms with Crippen molar-refractivity contribution in [1.29, 1.82) is 0 Å². The van der Waals surface area contributed by atoms with Gasteiger partial charge in [-0.2, -0.15) is 13.2 Å². The zero-order valence-electron chi connectivity index (χ0n) is 13.2. The van der Waals surface area contributed by atoms with Gasteiger partial charge in [0.1, 0.15) is 5.75 Å². The number of hydrogen-bond acceptors (Lipinski definition) is 6. The van der Waals surface area contributed by atoms with Crippen LogP contribution >= 0.6 is 22.9 Å². The number of amides is 2. The van der Waals surface area contributed by atoms with Crippen molar-refractivity contribution in [3.05, 3.63) is 28.2 Å². The van der Waals surface area contributed by atoms with Crippen LogP contribution < -0.4 is 15.4 Å². The topological polar surface area (TPSA) is 93.2 Å². The van der Waals surface area contributed by atoms with Crippen LogP contribution in [0.3, 0.4) is 0 Å². The molecule has 12 heteroatoms. The zero-order chi connectivity index (χ0) is 19.3. The lowest BCUT2D eigenvalue weighted by Gasteiger charge is -2.08. The molecule has 0 radical (unpaired) electrons. The Morgan fingerprint density at radius 3 is 2.38 bits per heavy atom. The molecule has 1 aromatic carbocycles.